The smallest absolute Gasteiger partial charge is 0.295 e. The molecule has 1 saturated heterocycles. The van der Waals surface area contributed by atoms with E-state index in [0.717, 1.165) is 16.7 Å². The average molecular weight is 543 g/mol. The lowest BCUT2D eigenvalue weighted by Crippen LogP contribution is -2.35. The Kier molecular flexibility index (Phi) is 9.27. The van der Waals surface area contributed by atoms with Crippen molar-refractivity contribution >= 4 is 17.4 Å². The summed E-state index contributed by atoms with van der Waals surface area (Å²) in [6.07, 6.45) is 0. The van der Waals surface area contributed by atoms with Crippen LogP contribution in [0.1, 0.15) is 42.1 Å². The van der Waals surface area contributed by atoms with Gasteiger partial charge in [-0.2, -0.15) is 0 Å². The van der Waals surface area contributed by atoms with Gasteiger partial charge in [0.25, 0.3) is 11.7 Å². The number of rotatable bonds is 11. The third kappa shape index (κ3) is 6.72. The molecule has 0 aromatic heterocycles. The second-order valence-corrected chi connectivity index (χ2v) is 10.8. The van der Waals surface area contributed by atoms with Crippen LogP contribution in [0.25, 0.3) is 5.76 Å². The molecule has 3 aromatic rings. The highest BCUT2D eigenvalue weighted by Crippen LogP contribution is 2.40. The van der Waals surface area contributed by atoms with Crippen molar-refractivity contribution in [1.82, 2.24) is 9.80 Å². The SMILES string of the molecule is Cc1cc(OCC(C)C)ccc1C(O)=C1C(=O)C(=O)N(CCN(C)C)C1c1ccc(OCc2ccccc2)cc1. The number of ether oxygens (including phenoxy) is 2. The van der Waals surface area contributed by atoms with Gasteiger partial charge in [0, 0.05) is 18.7 Å². The van der Waals surface area contributed by atoms with Gasteiger partial charge >= 0.3 is 0 Å². The molecule has 3 aromatic carbocycles. The van der Waals surface area contributed by atoms with Gasteiger partial charge in [0.2, 0.25) is 0 Å². The minimum absolute atomic E-state index is 0.0839. The molecule has 1 aliphatic rings. The number of likely N-dealkylation sites (N-methyl/N-ethyl adjacent to an activating group) is 1. The number of aryl methyl sites for hydroxylation is 1. The van der Waals surface area contributed by atoms with E-state index in [4.69, 9.17) is 9.47 Å². The lowest BCUT2D eigenvalue weighted by atomic mass is 9.94. The molecule has 1 fully saturated rings. The van der Waals surface area contributed by atoms with Crippen molar-refractivity contribution < 1.29 is 24.2 Å². The maximum atomic E-state index is 13.4. The van der Waals surface area contributed by atoms with Crippen LogP contribution in [0.3, 0.4) is 0 Å². The summed E-state index contributed by atoms with van der Waals surface area (Å²) in [6, 6.07) is 21.9. The Morgan fingerprint density at radius 1 is 0.950 bits per heavy atom. The predicted molar refractivity (Wildman–Crippen MR) is 156 cm³/mol. The summed E-state index contributed by atoms with van der Waals surface area (Å²) in [7, 11) is 3.83. The van der Waals surface area contributed by atoms with Crippen LogP contribution in [-0.2, 0) is 16.2 Å². The summed E-state index contributed by atoms with van der Waals surface area (Å²) in [5, 5.41) is 11.5. The van der Waals surface area contributed by atoms with E-state index in [1.807, 2.05) is 86.6 Å². The fourth-order valence-corrected chi connectivity index (χ4v) is 4.65. The lowest BCUT2D eigenvalue weighted by Gasteiger charge is -2.27. The summed E-state index contributed by atoms with van der Waals surface area (Å²) in [6.45, 7) is 7.92. The lowest BCUT2D eigenvalue weighted by molar-refractivity contribution is -0.140. The van der Waals surface area contributed by atoms with Gasteiger partial charge in [-0.05, 0) is 74.0 Å². The molecule has 1 N–H and O–H groups in total. The first kappa shape index (κ1) is 28.9. The second kappa shape index (κ2) is 12.8. The first-order valence-corrected chi connectivity index (χ1v) is 13.6. The highest BCUT2D eigenvalue weighted by Gasteiger charge is 2.46. The molecule has 0 saturated carbocycles. The quantitative estimate of drug-likeness (QED) is 0.193. The molecule has 4 rings (SSSR count). The third-order valence-electron chi connectivity index (χ3n) is 6.81. The van der Waals surface area contributed by atoms with Crippen LogP contribution < -0.4 is 9.47 Å². The molecule has 0 bridgehead atoms. The minimum atomic E-state index is -0.723. The minimum Gasteiger partial charge on any atom is -0.507 e. The number of amides is 1. The van der Waals surface area contributed by atoms with E-state index in [0.29, 0.717) is 49.3 Å². The normalized spacial score (nSPS) is 16.7. The maximum Gasteiger partial charge on any atom is 0.295 e. The fraction of sp³-hybridized carbons (Fsp3) is 0.333. The van der Waals surface area contributed by atoms with Gasteiger partial charge in [0.1, 0.15) is 23.9 Å². The van der Waals surface area contributed by atoms with Gasteiger partial charge in [-0.1, -0.05) is 56.3 Å². The van der Waals surface area contributed by atoms with Crippen molar-refractivity contribution in [3.63, 3.8) is 0 Å². The van der Waals surface area contributed by atoms with Crippen LogP contribution >= 0.6 is 0 Å². The van der Waals surface area contributed by atoms with Crippen molar-refractivity contribution in [3.8, 4) is 11.5 Å². The van der Waals surface area contributed by atoms with E-state index in [2.05, 4.69) is 13.8 Å². The highest BCUT2D eigenvalue weighted by molar-refractivity contribution is 6.46. The number of hydrogen-bond donors (Lipinski definition) is 1. The number of carbonyl (C=O) groups is 2. The Hall–Kier alpha value is -4.10. The van der Waals surface area contributed by atoms with Crippen molar-refractivity contribution in [2.24, 2.45) is 5.92 Å². The first-order valence-electron chi connectivity index (χ1n) is 13.6. The summed E-state index contributed by atoms with van der Waals surface area (Å²) in [4.78, 5) is 30.1. The van der Waals surface area contributed by atoms with Crippen molar-refractivity contribution in [3.05, 3.63) is 101 Å². The van der Waals surface area contributed by atoms with Crippen LogP contribution in [0.5, 0.6) is 11.5 Å². The van der Waals surface area contributed by atoms with Gasteiger partial charge in [-0.3, -0.25) is 9.59 Å². The van der Waals surface area contributed by atoms with E-state index >= 15 is 0 Å². The van der Waals surface area contributed by atoms with Crippen LogP contribution in [0, 0.1) is 12.8 Å². The van der Waals surface area contributed by atoms with Crippen LogP contribution in [0.15, 0.2) is 78.4 Å². The van der Waals surface area contributed by atoms with E-state index in [-0.39, 0.29) is 11.3 Å². The zero-order chi connectivity index (χ0) is 28.8. The zero-order valence-corrected chi connectivity index (χ0v) is 23.9. The first-order chi connectivity index (χ1) is 19.2. The molecule has 0 aliphatic carbocycles. The Balaban J connectivity index is 1.68. The largest absolute Gasteiger partial charge is 0.507 e. The standard InChI is InChI=1S/C33H38N2O5/c1-22(2)20-39-27-15-16-28(23(3)19-27)31(36)29-30(35(18-17-34(4)5)33(38)32(29)37)25-11-13-26(14-12-25)40-21-24-9-7-6-8-10-24/h6-16,19,22,30,36H,17-18,20-21H2,1-5H3. The Morgan fingerprint density at radius 2 is 1.62 bits per heavy atom. The van der Waals surface area contributed by atoms with E-state index in [1.165, 1.54) is 0 Å². The van der Waals surface area contributed by atoms with Gasteiger partial charge in [-0.15, -0.1) is 0 Å². The molecule has 1 heterocycles. The van der Waals surface area contributed by atoms with Crippen LogP contribution in [0.2, 0.25) is 0 Å². The molecular formula is C33H38N2O5. The fourth-order valence-electron chi connectivity index (χ4n) is 4.65. The van der Waals surface area contributed by atoms with Crippen LogP contribution in [-0.4, -0.2) is 60.4 Å². The highest BCUT2D eigenvalue weighted by atomic mass is 16.5. The third-order valence-corrected chi connectivity index (χ3v) is 6.81. The van der Waals surface area contributed by atoms with Crippen LogP contribution in [0.4, 0.5) is 0 Å². The monoisotopic (exact) mass is 542 g/mol. The summed E-state index contributed by atoms with van der Waals surface area (Å²) < 4.78 is 11.8. The summed E-state index contributed by atoms with van der Waals surface area (Å²) in [5.41, 5.74) is 3.11. The second-order valence-electron chi connectivity index (χ2n) is 10.8. The molecule has 7 nitrogen and oxygen atoms in total. The molecule has 1 atom stereocenters. The average Bonchev–Trinajstić information content (AvgIpc) is 3.19. The Labute approximate surface area is 236 Å². The van der Waals surface area contributed by atoms with E-state index < -0.39 is 17.7 Å². The molecular weight excluding hydrogens is 504 g/mol. The van der Waals surface area contributed by atoms with E-state index in [1.54, 1.807) is 17.0 Å². The number of likely N-dealkylation sites (tertiary alicyclic amines) is 1. The number of aliphatic hydroxyl groups is 1. The number of aliphatic hydroxyl groups excluding tert-OH is 1. The molecule has 7 heteroatoms. The molecule has 1 amide bonds. The number of ketones is 1. The van der Waals surface area contributed by atoms with Gasteiger partial charge in [0.05, 0.1) is 18.2 Å². The van der Waals surface area contributed by atoms with Crippen molar-refractivity contribution in [2.75, 3.05) is 33.8 Å². The molecule has 40 heavy (non-hydrogen) atoms. The van der Waals surface area contributed by atoms with Crippen molar-refractivity contribution in [2.45, 2.75) is 33.4 Å². The zero-order valence-electron chi connectivity index (χ0n) is 23.9. The van der Waals surface area contributed by atoms with Gasteiger partial charge in [0.15, 0.2) is 0 Å². The van der Waals surface area contributed by atoms with Gasteiger partial charge in [-0.25, -0.2) is 0 Å². The molecule has 1 aliphatic heterocycles. The summed E-state index contributed by atoms with van der Waals surface area (Å²) >= 11 is 0. The predicted octanol–water partition coefficient (Wildman–Crippen LogP) is 5.59. The Morgan fingerprint density at radius 3 is 2.25 bits per heavy atom. The number of hydrogen-bond acceptors (Lipinski definition) is 6. The molecule has 0 spiro atoms. The maximum absolute atomic E-state index is 13.4. The molecule has 1 unspecified atom stereocenters. The number of benzene rings is 3. The number of nitrogens with zero attached hydrogens (tertiary/aromatic N) is 2. The molecule has 0 radical (unpaired) electrons. The van der Waals surface area contributed by atoms with E-state index in [9.17, 15) is 14.7 Å². The Bertz CT molecular complexity index is 1360. The summed E-state index contributed by atoms with van der Waals surface area (Å²) in [5.74, 6) is 0.245. The number of Topliss-reactive ketones (excluding diaryl/α,β-unsaturated/α-hetero) is 1. The van der Waals surface area contributed by atoms with Crippen molar-refractivity contribution in [1.29, 1.82) is 0 Å². The molecule has 210 valence electrons. The number of carbonyl (C=O) groups excluding carboxylic acids is 2. The topological polar surface area (TPSA) is 79.3 Å². The van der Waals surface area contributed by atoms with Gasteiger partial charge < -0.3 is 24.4 Å².